The molecule has 0 heterocycles. The summed E-state index contributed by atoms with van der Waals surface area (Å²) in [6.45, 7) is 7.33. The quantitative estimate of drug-likeness (QED) is 0.562. The van der Waals surface area contributed by atoms with Crippen LogP contribution in [-0.4, -0.2) is 27.9 Å². The van der Waals surface area contributed by atoms with Crippen LogP contribution in [0.25, 0.3) is 0 Å². The lowest BCUT2D eigenvalue weighted by atomic mass is 10.2. The molecule has 0 aliphatic heterocycles. The van der Waals surface area contributed by atoms with Crippen molar-refractivity contribution in [3.8, 4) is 0 Å². The molecular formula is C9H18O3S. The summed E-state index contributed by atoms with van der Waals surface area (Å²) < 4.78 is 4.99. The molecule has 0 aliphatic carbocycles. The summed E-state index contributed by atoms with van der Waals surface area (Å²) >= 11 is 1.21. The Bertz CT molecular complexity index is 163. The van der Waals surface area contributed by atoms with Crippen LogP contribution in [0.15, 0.2) is 0 Å². The van der Waals surface area contributed by atoms with Crippen molar-refractivity contribution in [1.82, 2.24) is 0 Å². The monoisotopic (exact) mass is 206 g/mol. The Kier molecular flexibility index (Phi) is 5.40. The first kappa shape index (κ1) is 12.8. The summed E-state index contributed by atoms with van der Waals surface area (Å²) in [4.78, 5) is 11.2. The van der Waals surface area contributed by atoms with Crippen LogP contribution in [-0.2, 0) is 9.53 Å². The van der Waals surface area contributed by atoms with Gasteiger partial charge in [-0.1, -0.05) is 6.92 Å². The van der Waals surface area contributed by atoms with Crippen molar-refractivity contribution in [3.63, 3.8) is 0 Å². The fourth-order valence-corrected chi connectivity index (χ4v) is 1.29. The van der Waals surface area contributed by atoms with Gasteiger partial charge >= 0.3 is 5.97 Å². The van der Waals surface area contributed by atoms with Crippen molar-refractivity contribution in [2.45, 2.75) is 45.2 Å². The highest BCUT2D eigenvalue weighted by Gasteiger charge is 2.22. The Morgan fingerprint density at radius 1 is 1.54 bits per heavy atom. The van der Waals surface area contributed by atoms with Crippen LogP contribution >= 0.6 is 11.8 Å². The Balaban J connectivity index is 3.83. The highest BCUT2D eigenvalue weighted by atomic mass is 32.2. The van der Waals surface area contributed by atoms with Gasteiger partial charge in [0, 0.05) is 0 Å². The molecule has 4 heteroatoms. The molecule has 0 aliphatic rings. The molecule has 1 unspecified atom stereocenters. The number of aliphatic hydroxyl groups excluding tert-OH is 1. The number of hydrogen-bond donors (Lipinski definition) is 1. The molecule has 0 aromatic rings. The first-order chi connectivity index (χ1) is 5.87. The van der Waals surface area contributed by atoms with E-state index in [2.05, 4.69) is 0 Å². The van der Waals surface area contributed by atoms with Gasteiger partial charge < -0.3 is 9.84 Å². The number of carbonyl (C=O) groups excluding carboxylic acids is 1. The van der Waals surface area contributed by atoms with Gasteiger partial charge in [-0.3, -0.25) is 0 Å². The van der Waals surface area contributed by atoms with E-state index in [1.807, 2.05) is 6.92 Å². The van der Waals surface area contributed by atoms with E-state index in [4.69, 9.17) is 4.74 Å². The third kappa shape index (κ3) is 6.90. The standard InChI is InChI=1S/C9H18O3S/c1-5-6-13-8(11)7(10)12-9(2,3)4/h8,11H,5-6H2,1-4H3. The Morgan fingerprint density at radius 3 is 2.46 bits per heavy atom. The second-order valence-electron chi connectivity index (χ2n) is 3.76. The average Bonchev–Trinajstić information content (AvgIpc) is 1.96. The Hall–Kier alpha value is -0.220. The van der Waals surface area contributed by atoms with Crippen LogP contribution in [0.2, 0.25) is 0 Å². The first-order valence-corrected chi connectivity index (χ1v) is 5.44. The van der Waals surface area contributed by atoms with Crippen LogP contribution in [0.5, 0.6) is 0 Å². The van der Waals surface area contributed by atoms with Gasteiger partial charge in [0.25, 0.3) is 0 Å². The van der Waals surface area contributed by atoms with Crippen molar-refractivity contribution in [2.24, 2.45) is 0 Å². The van der Waals surface area contributed by atoms with Gasteiger partial charge in [-0.25, -0.2) is 4.79 Å². The molecule has 0 aromatic heterocycles. The number of hydrogen-bond acceptors (Lipinski definition) is 4. The summed E-state index contributed by atoms with van der Waals surface area (Å²) in [7, 11) is 0. The number of aliphatic hydroxyl groups is 1. The van der Waals surface area contributed by atoms with Gasteiger partial charge in [-0.15, -0.1) is 11.8 Å². The minimum absolute atomic E-state index is 0.523. The zero-order valence-corrected chi connectivity index (χ0v) is 9.48. The molecule has 0 amide bonds. The van der Waals surface area contributed by atoms with Crippen LogP contribution in [0, 0.1) is 0 Å². The number of esters is 1. The maximum atomic E-state index is 11.2. The molecule has 0 fully saturated rings. The second-order valence-corrected chi connectivity index (χ2v) is 4.94. The molecule has 0 radical (unpaired) electrons. The SMILES string of the molecule is CCCSC(O)C(=O)OC(C)(C)C. The smallest absolute Gasteiger partial charge is 0.346 e. The van der Waals surface area contributed by atoms with Crippen LogP contribution in [0.3, 0.4) is 0 Å². The highest BCUT2D eigenvalue weighted by Crippen LogP contribution is 2.15. The van der Waals surface area contributed by atoms with Crippen molar-refractivity contribution < 1.29 is 14.6 Å². The summed E-state index contributed by atoms with van der Waals surface area (Å²) in [6.07, 6.45) is 0.935. The van der Waals surface area contributed by atoms with E-state index in [-0.39, 0.29) is 0 Å². The van der Waals surface area contributed by atoms with Crippen LogP contribution < -0.4 is 0 Å². The van der Waals surface area contributed by atoms with Gasteiger partial charge in [0.05, 0.1) is 0 Å². The minimum Gasteiger partial charge on any atom is -0.457 e. The van der Waals surface area contributed by atoms with E-state index in [0.29, 0.717) is 0 Å². The van der Waals surface area contributed by atoms with Crippen LogP contribution in [0.1, 0.15) is 34.1 Å². The van der Waals surface area contributed by atoms with E-state index in [1.165, 1.54) is 11.8 Å². The lowest BCUT2D eigenvalue weighted by Crippen LogP contribution is -2.30. The van der Waals surface area contributed by atoms with Gasteiger partial charge in [0.2, 0.25) is 0 Å². The lowest BCUT2D eigenvalue weighted by Gasteiger charge is -2.21. The van der Waals surface area contributed by atoms with Gasteiger partial charge in [0.15, 0.2) is 5.44 Å². The predicted molar refractivity (Wildman–Crippen MR) is 54.6 cm³/mol. The van der Waals surface area contributed by atoms with Crippen molar-refractivity contribution >= 4 is 17.7 Å². The molecule has 0 rings (SSSR count). The number of ether oxygens (including phenoxy) is 1. The molecule has 0 bridgehead atoms. The molecular weight excluding hydrogens is 188 g/mol. The molecule has 0 aromatic carbocycles. The van der Waals surface area contributed by atoms with Gasteiger partial charge in [0.1, 0.15) is 5.60 Å². The highest BCUT2D eigenvalue weighted by molar-refractivity contribution is 8.00. The zero-order valence-electron chi connectivity index (χ0n) is 8.66. The molecule has 78 valence electrons. The Labute approximate surface area is 83.9 Å². The van der Waals surface area contributed by atoms with E-state index >= 15 is 0 Å². The second kappa shape index (κ2) is 5.50. The average molecular weight is 206 g/mol. The molecule has 3 nitrogen and oxygen atoms in total. The van der Waals surface area contributed by atoms with Gasteiger partial charge in [-0.05, 0) is 32.9 Å². The molecule has 1 N–H and O–H groups in total. The molecule has 13 heavy (non-hydrogen) atoms. The maximum absolute atomic E-state index is 11.2. The number of carbonyl (C=O) groups is 1. The molecule has 0 saturated heterocycles. The van der Waals surface area contributed by atoms with Crippen molar-refractivity contribution in [1.29, 1.82) is 0 Å². The summed E-state index contributed by atoms with van der Waals surface area (Å²) in [5.74, 6) is 0.214. The van der Waals surface area contributed by atoms with Crippen molar-refractivity contribution in [2.75, 3.05) is 5.75 Å². The summed E-state index contributed by atoms with van der Waals surface area (Å²) in [6, 6.07) is 0. The molecule has 1 atom stereocenters. The fourth-order valence-electron chi connectivity index (χ4n) is 0.650. The van der Waals surface area contributed by atoms with E-state index in [1.54, 1.807) is 20.8 Å². The topological polar surface area (TPSA) is 46.5 Å². The summed E-state index contributed by atoms with van der Waals surface area (Å²) in [5.41, 5.74) is -1.57. The van der Waals surface area contributed by atoms with E-state index < -0.39 is 17.0 Å². The normalized spacial score (nSPS) is 13.9. The van der Waals surface area contributed by atoms with Crippen molar-refractivity contribution in [3.05, 3.63) is 0 Å². The fraction of sp³-hybridized carbons (Fsp3) is 0.889. The third-order valence-electron chi connectivity index (χ3n) is 1.09. The molecule has 0 spiro atoms. The largest absolute Gasteiger partial charge is 0.457 e. The lowest BCUT2D eigenvalue weighted by molar-refractivity contribution is -0.160. The minimum atomic E-state index is -1.04. The summed E-state index contributed by atoms with van der Waals surface area (Å²) in [5, 5.41) is 9.30. The zero-order chi connectivity index (χ0) is 10.5. The van der Waals surface area contributed by atoms with Crippen LogP contribution in [0.4, 0.5) is 0 Å². The number of thioether (sulfide) groups is 1. The molecule has 0 saturated carbocycles. The van der Waals surface area contributed by atoms with E-state index in [9.17, 15) is 9.90 Å². The third-order valence-corrected chi connectivity index (χ3v) is 2.24. The van der Waals surface area contributed by atoms with E-state index in [0.717, 1.165) is 12.2 Å². The number of rotatable bonds is 4. The maximum Gasteiger partial charge on any atom is 0.346 e. The first-order valence-electron chi connectivity index (χ1n) is 4.39. The predicted octanol–water partition coefficient (Wildman–Crippen LogP) is 1.79. The van der Waals surface area contributed by atoms with Gasteiger partial charge in [-0.2, -0.15) is 0 Å². The Morgan fingerprint density at radius 2 is 2.08 bits per heavy atom.